The van der Waals surface area contributed by atoms with Crippen molar-refractivity contribution in [2.75, 3.05) is 27.4 Å². The molecule has 0 aliphatic heterocycles. The Kier molecular flexibility index (Phi) is 8.72. The lowest BCUT2D eigenvalue weighted by Gasteiger charge is -2.32. The lowest BCUT2D eigenvalue weighted by molar-refractivity contribution is -0.910. The number of hydrogen-bond donors (Lipinski definition) is 0. The van der Waals surface area contributed by atoms with Gasteiger partial charge in [0, 0.05) is 0 Å². The third kappa shape index (κ3) is 8.65. The Labute approximate surface area is 121 Å². The monoisotopic (exact) mass is 270 g/mol. The first-order valence-electron chi connectivity index (χ1n) is 8.57. The molecule has 1 fully saturated rings. The first-order chi connectivity index (χ1) is 9.14. The van der Waals surface area contributed by atoms with Crippen LogP contribution in [-0.4, -0.2) is 38.0 Å². The fraction of sp³-hybridized carbons (Fsp3) is 1.00. The van der Waals surface area contributed by atoms with E-state index in [1.807, 2.05) is 0 Å². The number of nitrogens with zero attached hydrogens (tertiary/aromatic N) is 1. The average molecular weight is 270 g/mol. The summed E-state index contributed by atoms with van der Waals surface area (Å²) in [5.74, 6) is 0. The first-order valence-corrected chi connectivity index (χ1v) is 8.57. The molecule has 0 saturated heterocycles. The smallest absolute Gasteiger partial charge is 0.183 e. The number of rotatable bonds is 10. The van der Waals surface area contributed by atoms with Crippen molar-refractivity contribution in [1.29, 1.82) is 0 Å². The Morgan fingerprint density at radius 1 is 0.895 bits per heavy atom. The second kappa shape index (κ2) is 9.77. The minimum atomic E-state index is 0.552. The third-order valence-corrected chi connectivity index (χ3v) is 4.33. The molecule has 1 saturated carbocycles. The standard InChI is InChI=1S/C17H36NO/c1-4-5-6-7-8-12-15-18(2,3)16-19-17-13-10-9-11-14-17/h17H,4-16H2,1-3H3/q+1. The summed E-state index contributed by atoms with van der Waals surface area (Å²) < 4.78 is 7.15. The molecule has 2 heteroatoms. The van der Waals surface area contributed by atoms with Gasteiger partial charge in [-0.15, -0.1) is 0 Å². The van der Waals surface area contributed by atoms with Crippen molar-refractivity contribution in [2.24, 2.45) is 0 Å². The molecule has 0 spiro atoms. The number of ether oxygens (including phenoxy) is 1. The minimum Gasteiger partial charge on any atom is -0.328 e. The third-order valence-electron chi connectivity index (χ3n) is 4.33. The average Bonchev–Trinajstić information content (AvgIpc) is 2.42. The summed E-state index contributed by atoms with van der Waals surface area (Å²) >= 11 is 0. The van der Waals surface area contributed by atoms with Gasteiger partial charge in [-0.1, -0.05) is 51.9 Å². The molecular weight excluding hydrogens is 234 g/mol. The van der Waals surface area contributed by atoms with Crippen LogP contribution in [0.3, 0.4) is 0 Å². The molecule has 0 aromatic carbocycles. The molecule has 0 aromatic heterocycles. The molecule has 0 radical (unpaired) electrons. The van der Waals surface area contributed by atoms with E-state index in [9.17, 15) is 0 Å². The highest BCUT2D eigenvalue weighted by atomic mass is 16.5. The fourth-order valence-electron chi connectivity index (χ4n) is 2.92. The van der Waals surface area contributed by atoms with E-state index in [1.165, 1.54) is 77.2 Å². The van der Waals surface area contributed by atoms with Crippen molar-refractivity contribution in [2.45, 2.75) is 83.7 Å². The van der Waals surface area contributed by atoms with Crippen LogP contribution < -0.4 is 0 Å². The van der Waals surface area contributed by atoms with Gasteiger partial charge in [-0.2, -0.15) is 0 Å². The van der Waals surface area contributed by atoms with Crippen molar-refractivity contribution in [3.05, 3.63) is 0 Å². The normalized spacial score (nSPS) is 17.8. The second-order valence-corrected chi connectivity index (χ2v) is 6.98. The van der Waals surface area contributed by atoms with Crippen LogP contribution in [-0.2, 0) is 4.74 Å². The van der Waals surface area contributed by atoms with E-state index < -0.39 is 0 Å². The molecule has 0 unspecified atom stereocenters. The van der Waals surface area contributed by atoms with Gasteiger partial charge in [-0.05, 0) is 25.7 Å². The highest BCUT2D eigenvalue weighted by Crippen LogP contribution is 2.21. The zero-order valence-electron chi connectivity index (χ0n) is 13.6. The van der Waals surface area contributed by atoms with E-state index in [-0.39, 0.29) is 0 Å². The highest BCUT2D eigenvalue weighted by molar-refractivity contribution is 4.64. The summed E-state index contributed by atoms with van der Waals surface area (Å²) in [6, 6.07) is 0. The Balaban J connectivity index is 2.02. The van der Waals surface area contributed by atoms with Gasteiger partial charge in [0.1, 0.15) is 0 Å². The van der Waals surface area contributed by atoms with Crippen LogP contribution in [0.15, 0.2) is 0 Å². The number of hydrogen-bond acceptors (Lipinski definition) is 1. The van der Waals surface area contributed by atoms with Gasteiger partial charge < -0.3 is 9.22 Å². The SMILES string of the molecule is CCCCCCCC[N+](C)(C)COC1CCCCC1. The van der Waals surface area contributed by atoms with E-state index in [1.54, 1.807) is 0 Å². The molecule has 0 heterocycles. The summed E-state index contributed by atoms with van der Waals surface area (Å²) in [5, 5.41) is 0. The maximum atomic E-state index is 6.12. The highest BCUT2D eigenvalue weighted by Gasteiger charge is 2.19. The molecule has 0 amide bonds. The van der Waals surface area contributed by atoms with E-state index in [0.29, 0.717) is 6.10 Å². The second-order valence-electron chi connectivity index (χ2n) is 6.98. The summed E-state index contributed by atoms with van der Waals surface area (Å²) in [6.45, 7) is 4.45. The molecule has 0 N–H and O–H groups in total. The van der Waals surface area contributed by atoms with Crippen LogP contribution in [0, 0.1) is 0 Å². The van der Waals surface area contributed by atoms with Gasteiger partial charge in [-0.25, -0.2) is 0 Å². The maximum absolute atomic E-state index is 6.12. The van der Waals surface area contributed by atoms with Crippen molar-refractivity contribution < 1.29 is 9.22 Å². The van der Waals surface area contributed by atoms with Gasteiger partial charge in [0.05, 0.1) is 26.7 Å². The predicted molar refractivity (Wildman–Crippen MR) is 83.2 cm³/mol. The maximum Gasteiger partial charge on any atom is 0.183 e. The lowest BCUT2D eigenvalue weighted by atomic mass is 9.98. The van der Waals surface area contributed by atoms with Gasteiger partial charge >= 0.3 is 0 Å². The topological polar surface area (TPSA) is 9.23 Å². The predicted octanol–water partition coefficient (Wildman–Crippen LogP) is 4.73. The molecule has 0 atom stereocenters. The summed E-state index contributed by atoms with van der Waals surface area (Å²) in [7, 11) is 4.63. The molecule has 0 aromatic rings. The van der Waals surface area contributed by atoms with Crippen molar-refractivity contribution in [3.63, 3.8) is 0 Å². The number of unbranched alkanes of at least 4 members (excludes halogenated alkanes) is 5. The Morgan fingerprint density at radius 2 is 1.53 bits per heavy atom. The Bertz CT molecular complexity index is 209. The quantitative estimate of drug-likeness (QED) is 0.317. The van der Waals surface area contributed by atoms with Crippen LogP contribution in [0.5, 0.6) is 0 Å². The summed E-state index contributed by atoms with van der Waals surface area (Å²) in [5.41, 5.74) is 0. The molecule has 1 aliphatic carbocycles. The minimum absolute atomic E-state index is 0.552. The van der Waals surface area contributed by atoms with Crippen LogP contribution in [0.25, 0.3) is 0 Å². The van der Waals surface area contributed by atoms with Gasteiger partial charge in [0.25, 0.3) is 0 Å². The van der Waals surface area contributed by atoms with E-state index >= 15 is 0 Å². The Morgan fingerprint density at radius 3 is 2.21 bits per heavy atom. The fourth-order valence-corrected chi connectivity index (χ4v) is 2.92. The molecule has 1 aliphatic rings. The van der Waals surface area contributed by atoms with Crippen molar-refractivity contribution in [3.8, 4) is 0 Å². The lowest BCUT2D eigenvalue weighted by Crippen LogP contribution is -2.43. The molecule has 19 heavy (non-hydrogen) atoms. The van der Waals surface area contributed by atoms with Gasteiger partial charge in [0.15, 0.2) is 6.73 Å². The van der Waals surface area contributed by atoms with Crippen LogP contribution in [0.4, 0.5) is 0 Å². The van der Waals surface area contributed by atoms with E-state index in [2.05, 4.69) is 21.0 Å². The zero-order valence-corrected chi connectivity index (χ0v) is 13.6. The van der Waals surface area contributed by atoms with Gasteiger partial charge in [-0.3, -0.25) is 0 Å². The largest absolute Gasteiger partial charge is 0.328 e. The molecule has 2 nitrogen and oxygen atoms in total. The van der Waals surface area contributed by atoms with E-state index in [4.69, 9.17) is 4.74 Å². The summed E-state index contributed by atoms with van der Waals surface area (Å²) in [4.78, 5) is 0. The summed E-state index contributed by atoms with van der Waals surface area (Å²) in [6.07, 6.45) is 15.6. The molecule has 0 bridgehead atoms. The van der Waals surface area contributed by atoms with Crippen molar-refractivity contribution in [1.82, 2.24) is 0 Å². The molecular formula is C17H36NO+. The van der Waals surface area contributed by atoms with E-state index in [0.717, 1.165) is 11.2 Å². The first kappa shape index (κ1) is 17.0. The van der Waals surface area contributed by atoms with Crippen LogP contribution in [0.1, 0.15) is 77.6 Å². The zero-order chi connectivity index (χ0) is 14.0. The van der Waals surface area contributed by atoms with Crippen LogP contribution in [0.2, 0.25) is 0 Å². The molecule has 114 valence electrons. The van der Waals surface area contributed by atoms with Crippen molar-refractivity contribution >= 4 is 0 Å². The Hall–Kier alpha value is -0.0800. The van der Waals surface area contributed by atoms with Crippen LogP contribution >= 0.6 is 0 Å². The number of quaternary nitrogens is 1. The molecule has 1 rings (SSSR count). The van der Waals surface area contributed by atoms with Gasteiger partial charge in [0.2, 0.25) is 0 Å².